The molecule has 0 saturated heterocycles. The molecule has 11 aromatic rings. The highest BCUT2D eigenvalue weighted by molar-refractivity contribution is 7.27. The zero-order chi connectivity index (χ0) is 41.5. The van der Waals surface area contributed by atoms with Crippen molar-refractivity contribution in [2.24, 2.45) is 0 Å². The fourth-order valence-electron chi connectivity index (χ4n) is 10.6. The average Bonchev–Trinajstić information content (AvgIpc) is 3.74. The molecule has 2 nitrogen and oxygen atoms in total. The predicted octanol–water partition coefficient (Wildman–Crippen LogP) is 10.7. The van der Waals surface area contributed by atoms with E-state index < -0.39 is 16.9 Å². The molecule has 1 spiro atoms. The summed E-state index contributed by atoms with van der Waals surface area (Å²) in [6.45, 7) is 0. The molecule has 5 heteroatoms. The first-order valence-corrected chi connectivity index (χ1v) is 25.9. The van der Waals surface area contributed by atoms with Gasteiger partial charge in [-0.3, -0.25) is 0 Å². The van der Waals surface area contributed by atoms with Crippen molar-refractivity contribution in [3.05, 3.63) is 231 Å². The van der Waals surface area contributed by atoms with Crippen molar-refractivity contribution >= 4 is 113 Å². The molecule has 1 radical (unpaired) electrons. The van der Waals surface area contributed by atoms with Gasteiger partial charge in [-0.2, -0.15) is 0 Å². The molecule has 0 atom stereocenters. The highest BCUT2D eigenvalue weighted by Crippen LogP contribution is 2.45. The number of nitrogens with zero attached hydrogens (tertiary/aromatic N) is 1. The van der Waals surface area contributed by atoms with Crippen molar-refractivity contribution < 1.29 is 4.74 Å². The summed E-state index contributed by atoms with van der Waals surface area (Å²) in [6.07, 6.45) is 0. The second-order valence-electron chi connectivity index (χ2n) is 16.5. The summed E-state index contributed by atoms with van der Waals surface area (Å²) in [5.41, 5.74) is 5.92. The molecule has 0 fully saturated rings. The van der Waals surface area contributed by atoms with E-state index >= 15 is 0 Å². The van der Waals surface area contributed by atoms with Crippen molar-refractivity contribution in [1.82, 2.24) is 0 Å². The van der Waals surface area contributed by atoms with E-state index in [4.69, 9.17) is 4.74 Å². The molecular weight excluding hydrogens is 815 g/mol. The predicted molar refractivity (Wildman–Crippen MR) is 272 cm³/mol. The van der Waals surface area contributed by atoms with Gasteiger partial charge in [0.1, 0.15) is 11.5 Å². The Morgan fingerprint density at radius 2 is 1.03 bits per heavy atom. The van der Waals surface area contributed by atoms with E-state index in [1.807, 2.05) is 11.3 Å². The monoisotopic (exact) mass is 852 g/mol. The molecule has 0 unspecified atom stereocenters. The van der Waals surface area contributed by atoms with E-state index in [2.05, 4.69) is 235 Å². The van der Waals surface area contributed by atoms with Crippen LogP contribution in [-0.2, 0) is 0 Å². The zero-order valence-corrected chi connectivity index (χ0v) is 37.0. The molecule has 0 saturated carbocycles. The van der Waals surface area contributed by atoms with Crippen LogP contribution in [-0.4, -0.2) is 16.9 Å². The van der Waals surface area contributed by atoms with E-state index in [0.29, 0.717) is 0 Å². The Hall–Kier alpha value is -7.29. The summed E-state index contributed by atoms with van der Waals surface area (Å²) in [5, 5.41) is 15.0. The van der Waals surface area contributed by atoms with Gasteiger partial charge in [0.2, 0.25) is 0 Å². The highest BCUT2D eigenvalue weighted by Gasteiger charge is 2.54. The Labute approximate surface area is 373 Å². The van der Waals surface area contributed by atoms with E-state index in [1.165, 1.54) is 84.1 Å². The van der Waals surface area contributed by atoms with Crippen molar-refractivity contribution in [1.29, 1.82) is 0 Å². The van der Waals surface area contributed by atoms with Crippen molar-refractivity contribution in [2.45, 2.75) is 0 Å². The standard InChI is InChI=1S/C58H38NOSSi2/c1-2-18-43(19-3-1)62-52-28-10-13-31-56(52)63(54-29-11-7-25-49(54)60-50-26-8-12-30-55(50)63)57-37-36-42(38-53(57)62)59(48-24-15-23-47-46-21-6-9-27-51(46)61-58(47)48)41-34-32-40(33-35-41)45-22-14-17-39-16-4-5-20-44(39)45/h1-38H. The molecule has 63 heavy (non-hydrogen) atoms. The third-order valence-corrected chi connectivity index (χ3v) is 22.7. The summed E-state index contributed by atoms with van der Waals surface area (Å²) in [4.78, 5) is 2.52. The molecule has 1 aromatic heterocycles. The van der Waals surface area contributed by atoms with Crippen LogP contribution in [0.5, 0.6) is 11.5 Å². The van der Waals surface area contributed by atoms with Gasteiger partial charge in [-0.1, -0.05) is 192 Å². The van der Waals surface area contributed by atoms with Crippen LogP contribution in [0, 0.1) is 0 Å². The van der Waals surface area contributed by atoms with Crippen molar-refractivity contribution in [2.75, 3.05) is 4.90 Å². The largest absolute Gasteiger partial charge is 0.458 e. The molecule has 0 N–H and O–H groups in total. The third-order valence-electron chi connectivity index (χ3n) is 13.3. The summed E-state index contributed by atoms with van der Waals surface area (Å²) in [6, 6.07) is 86.1. The molecular formula is C58H38NOSSi2. The molecule has 10 aromatic carbocycles. The van der Waals surface area contributed by atoms with Gasteiger partial charge in [0, 0.05) is 26.8 Å². The topological polar surface area (TPSA) is 12.5 Å². The lowest BCUT2D eigenvalue weighted by Gasteiger charge is -2.46. The van der Waals surface area contributed by atoms with Crippen LogP contribution in [0.3, 0.4) is 0 Å². The minimum Gasteiger partial charge on any atom is -0.458 e. The van der Waals surface area contributed by atoms with Gasteiger partial charge in [0.05, 0.1) is 10.4 Å². The first-order chi connectivity index (χ1) is 31.3. The van der Waals surface area contributed by atoms with E-state index in [0.717, 1.165) is 22.9 Å². The second kappa shape index (κ2) is 14.4. The van der Waals surface area contributed by atoms with Crippen LogP contribution in [0.25, 0.3) is 42.1 Å². The van der Waals surface area contributed by atoms with E-state index in [-0.39, 0.29) is 0 Å². The summed E-state index contributed by atoms with van der Waals surface area (Å²) >= 11 is 1.88. The number of ether oxygens (including phenoxy) is 1. The summed E-state index contributed by atoms with van der Waals surface area (Å²) in [7, 11) is -4.38. The number of hydrogen-bond donors (Lipinski definition) is 0. The fourth-order valence-corrected chi connectivity index (χ4v) is 21.5. The van der Waals surface area contributed by atoms with Crippen LogP contribution in [0.1, 0.15) is 0 Å². The average molecular weight is 853 g/mol. The zero-order valence-electron chi connectivity index (χ0n) is 34.2. The molecule has 295 valence electrons. The summed E-state index contributed by atoms with van der Waals surface area (Å²) < 4.78 is 9.37. The Bertz CT molecular complexity index is 3530. The number of benzene rings is 10. The Balaban J connectivity index is 1.09. The van der Waals surface area contributed by atoms with Gasteiger partial charge in [-0.05, 0) is 96.4 Å². The van der Waals surface area contributed by atoms with Crippen LogP contribution >= 0.6 is 11.3 Å². The quantitative estimate of drug-likeness (QED) is 0.160. The minimum absolute atomic E-state index is 0.965. The van der Waals surface area contributed by atoms with E-state index in [1.54, 1.807) is 0 Å². The number of rotatable bonds is 5. The van der Waals surface area contributed by atoms with Gasteiger partial charge < -0.3 is 9.64 Å². The first-order valence-electron chi connectivity index (χ1n) is 21.6. The molecule has 13 rings (SSSR count). The number of hydrogen-bond acceptors (Lipinski definition) is 3. The first kappa shape index (κ1) is 36.4. The highest BCUT2D eigenvalue weighted by atomic mass is 32.1. The lowest BCUT2D eigenvalue weighted by Crippen LogP contribution is -2.87. The van der Waals surface area contributed by atoms with Crippen LogP contribution in [0.2, 0.25) is 0 Å². The third kappa shape index (κ3) is 5.47. The molecule has 0 aliphatic carbocycles. The molecule has 0 bridgehead atoms. The van der Waals surface area contributed by atoms with Gasteiger partial charge in [-0.15, -0.1) is 11.3 Å². The normalized spacial score (nSPS) is 13.6. The van der Waals surface area contributed by atoms with E-state index in [9.17, 15) is 0 Å². The Morgan fingerprint density at radius 3 is 1.84 bits per heavy atom. The second-order valence-corrected chi connectivity index (χ2v) is 23.6. The maximum Gasteiger partial charge on any atom is 0.188 e. The molecule has 2 aliphatic rings. The fraction of sp³-hybridized carbons (Fsp3) is 0. The van der Waals surface area contributed by atoms with Gasteiger partial charge in [0.15, 0.2) is 16.9 Å². The van der Waals surface area contributed by atoms with Crippen LogP contribution in [0.4, 0.5) is 17.1 Å². The smallest absolute Gasteiger partial charge is 0.188 e. The van der Waals surface area contributed by atoms with Crippen LogP contribution < -0.4 is 45.9 Å². The maximum absolute atomic E-state index is 6.79. The van der Waals surface area contributed by atoms with Crippen LogP contribution in [0.15, 0.2) is 231 Å². The lowest BCUT2D eigenvalue weighted by atomic mass is 9.98. The van der Waals surface area contributed by atoms with Gasteiger partial charge in [0.25, 0.3) is 0 Å². The number of anilines is 3. The Kier molecular flexibility index (Phi) is 8.31. The maximum atomic E-state index is 6.79. The Morgan fingerprint density at radius 1 is 0.429 bits per heavy atom. The minimum atomic E-state index is -2.89. The summed E-state index contributed by atoms with van der Waals surface area (Å²) in [5.74, 6) is 1.93. The number of fused-ring (bicyclic) bond motifs is 12. The van der Waals surface area contributed by atoms with Gasteiger partial charge in [-0.25, -0.2) is 0 Å². The number of thiophene rings is 1. The van der Waals surface area contributed by atoms with Crippen molar-refractivity contribution in [3.63, 3.8) is 0 Å². The molecule has 0 amide bonds. The lowest BCUT2D eigenvalue weighted by molar-refractivity contribution is 0.487. The molecule has 3 heterocycles. The molecule has 2 aliphatic heterocycles. The van der Waals surface area contributed by atoms with Crippen molar-refractivity contribution in [3.8, 4) is 22.6 Å². The number of para-hydroxylation sites is 2. The SMILES string of the molecule is c1ccc([Si]2c3ccccc3[Si]3(c4ccccc4Oc4ccccc43)c3ccc(N(c4ccc(-c5cccc6ccccc56)cc4)c4cccc5c4sc4ccccc45)cc32)cc1. The van der Waals surface area contributed by atoms with Gasteiger partial charge >= 0.3 is 0 Å².